The summed E-state index contributed by atoms with van der Waals surface area (Å²) in [5, 5.41) is 8.56. The number of rotatable bonds is 2. The summed E-state index contributed by atoms with van der Waals surface area (Å²) in [7, 11) is 1.22. The second-order valence-corrected chi connectivity index (χ2v) is 3.80. The van der Waals surface area contributed by atoms with Gasteiger partial charge in [0.1, 0.15) is 5.82 Å². The van der Waals surface area contributed by atoms with Crippen LogP contribution in [0, 0.1) is 20.7 Å². The van der Waals surface area contributed by atoms with Crippen molar-refractivity contribution in [3.8, 4) is 6.07 Å². The highest BCUT2D eigenvalue weighted by atomic mass is 127. The van der Waals surface area contributed by atoms with E-state index in [1.54, 1.807) is 22.6 Å². The van der Waals surface area contributed by atoms with E-state index in [2.05, 4.69) is 4.74 Å². The molecule has 0 aliphatic rings. The minimum atomic E-state index is -0.621. The Balaban J connectivity index is 3.36. The third-order valence-corrected chi connectivity index (χ3v) is 2.89. The van der Waals surface area contributed by atoms with Crippen LogP contribution in [-0.2, 0) is 11.2 Å². The molecule has 1 aromatic carbocycles. The molecule has 0 spiro atoms. The molecular weight excluding hydrogens is 312 g/mol. The van der Waals surface area contributed by atoms with Crippen molar-refractivity contribution in [2.75, 3.05) is 7.11 Å². The fourth-order valence-corrected chi connectivity index (χ4v) is 1.89. The maximum absolute atomic E-state index is 13.2. The van der Waals surface area contributed by atoms with E-state index in [1.165, 1.54) is 19.2 Å². The van der Waals surface area contributed by atoms with Gasteiger partial charge in [0.15, 0.2) is 0 Å². The number of methoxy groups -OCH3 is 1. The summed E-state index contributed by atoms with van der Waals surface area (Å²) in [6.45, 7) is 0. The van der Waals surface area contributed by atoms with Gasteiger partial charge in [-0.1, -0.05) is 6.07 Å². The molecule has 0 saturated heterocycles. The molecule has 5 heteroatoms. The Morgan fingerprint density at radius 1 is 1.67 bits per heavy atom. The number of carbonyl (C=O) groups is 1. The first kappa shape index (κ1) is 11.9. The van der Waals surface area contributed by atoms with Crippen LogP contribution < -0.4 is 0 Å². The topological polar surface area (TPSA) is 50.1 Å². The first-order valence-electron chi connectivity index (χ1n) is 4.04. The van der Waals surface area contributed by atoms with E-state index < -0.39 is 11.8 Å². The zero-order valence-corrected chi connectivity index (χ0v) is 10.0. The Morgan fingerprint density at radius 3 is 2.87 bits per heavy atom. The molecule has 1 rings (SSSR count). The van der Waals surface area contributed by atoms with Crippen LogP contribution in [0.5, 0.6) is 0 Å². The molecule has 3 nitrogen and oxygen atoms in total. The number of hydrogen-bond acceptors (Lipinski definition) is 3. The van der Waals surface area contributed by atoms with Gasteiger partial charge in [-0.3, -0.25) is 0 Å². The zero-order chi connectivity index (χ0) is 11.4. The van der Waals surface area contributed by atoms with Crippen molar-refractivity contribution in [3.05, 3.63) is 32.6 Å². The molecule has 15 heavy (non-hydrogen) atoms. The third kappa shape index (κ3) is 2.45. The SMILES string of the molecule is COC(=O)c1c(CC#N)ccc(F)c1I. The molecule has 0 unspecified atom stereocenters. The van der Waals surface area contributed by atoms with Crippen LogP contribution in [0.4, 0.5) is 4.39 Å². The van der Waals surface area contributed by atoms with Crippen molar-refractivity contribution in [1.82, 2.24) is 0 Å². The van der Waals surface area contributed by atoms with Gasteiger partial charge in [-0.05, 0) is 34.2 Å². The molecule has 0 saturated carbocycles. The average molecular weight is 319 g/mol. The molecule has 0 bridgehead atoms. The van der Waals surface area contributed by atoms with Gasteiger partial charge in [-0.25, -0.2) is 9.18 Å². The zero-order valence-electron chi connectivity index (χ0n) is 7.88. The fourth-order valence-electron chi connectivity index (χ4n) is 1.15. The largest absolute Gasteiger partial charge is 0.465 e. The molecule has 0 heterocycles. The molecule has 0 N–H and O–H groups in total. The molecule has 0 fully saturated rings. The summed E-state index contributed by atoms with van der Waals surface area (Å²) in [5.41, 5.74) is 0.620. The molecule has 0 atom stereocenters. The molecule has 0 amide bonds. The first-order chi connectivity index (χ1) is 7.11. The molecule has 1 aromatic rings. The Hall–Kier alpha value is -1.16. The summed E-state index contributed by atoms with van der Waals surface area (Å²) < 4.78 is 17.9. The Kier molecular flexibility index (Phi) is 4.03. The van der Waals surface area contributed by atoms with Crippen molar-refractivity contribution in [2.45, 2.75) is 6.42 Å². The highest BCUT2D eigenvalue weighted by molar-refractivity contribution is 14.1. The lowest BCUT2D eigenvalue weighted by Crippen LogP contribution is -2.09. The quantitative estimate of drug-likeness (QED) is 0.621. The van der Waals surface area contributed by atoms with Gasteiger partial charge in [0.25, 0.3) is 0 Å². The molecule has 78 valence electrons. The lowest BCUT2D eigenvalue weighted by atomic mass is 10.1. The van der Waals surface area contributed by atoms with E-state index in [-0.39, 0.29) is 15.6 Å². The number of ether oxygens (including phenoxy) is 1. The molecule has 0 radical (unpaired) electrons. The maximum atomic E-state index is 13.2. The molecule has 0 aliphatic heterocycles. The van der Waals surface area contributed by atoms with Gasteiger partial charge in [0.05, 0.1) is 28.7 Å². The second-order valence-electron chi connectivity index (χ2n) is 2.72. The number of carbonyl (C=O) groups excluding carboxylic acids is 1. The van der Waals surface area contributed by atoms with E-state index >= 15 is 0 Å². The van der Waals surface area contributed by atoms with E-state index in [9.17, 15) is 9.18 Å². The number of hydrogen-bond donors (Lipinski definition) is 0. The van der Waals surface area contributed by atoms with Crippen molar-refractivity contribution in [3.63, 3.8) is 0 Å². The highest BCUT2D eigenvalue weighted by Crippen LogP contribution is 2.21. The van der Waals surface area contributed by atoms with Gasteiger partial charge in [-0.2, -0.15) is 5.26 Å². The number of halogens is 2. The van der Waals surface area contributed by atoms with Crippen LogP contribution in [0.15, 0.2) is 12.1 Å². The van der Waals surface area contributed by atoms with Crippen LogP contribution in [0.2, 0.25) is 0 Å². The minimum Gasteiger partial charge on any atom is -0.465 e. The lowest BCUT2D eigenvalue weighted by molar-refractivity contribution is 0.0598. The minimum absolute atomic E-state index is 0.0563. The Morgan fingerprint density at radius 2 is 2.33 bits per heavy atom. The van der Waals surface area contributed by atoms with Crippen LogP contribution in [0.1, 0.15) is 15.9 Å². The molecule has 0 aliphatic carbocycles. The first-order valence-corrected chi connectivity index (χ1v) is 5.11. The predicted octanol–water partition coefficient (Wildman–Crippen LogP) is 2.28. The highest BCUT2D eigenvalue weighted by Gasteiger charge is 2.18. The van der Waals surface area contributed by atoms with Crippen molar-refractivity contribution in [2.24, 2.45) is 0 Å². The summed E-state index contributed by atoms with van der Waals surface area (Å²) in [6.07, 6.45) is 0.0563. The normalized spacial score (nSPS) is 9.47. The van der Waals surface area contributed by atoms with Crippen LogP contribution in [0.25, 0.3) is 0 Å². The standard InChI is InChI=1S/C10H7FINO2/c1-15-10(14)8-6(4-5-13)2-3-7(11)9(8)12/h2-3H,4H2,1H3. The monoisotopic (exact) mass is 319 g/mol. The van der Waals surface area contributed by atoms with Crippen LogP contribution in [-0.4, -0.2) is 13.1 Å². The lowest BCUT2D eigenvalue weighted by Gasteiger charge is -2.07. The maximum Gasteiger partial charge on any atom is 0.339 e. The average Bonchev–Trinajstić information content (AvgIpc) is 2.23. The summed E-state index contributed by atoms with van der Waals surface area (Å²) in [4.78, 5) is 11.4. The molecule has 0 aromatic heterocycles. The van der Waals surface area contributed by atoms with E-state index in [1.807, 2.05) is 6.07 Å². The van der Waals surface area contributed by atoms with Crippen molar-refractivity contribution in [1.29, 1.82) is 5.26 Å². The van der Waals surface area contributed by atoms with Crippen LogP contribution in [0.3, 0.4) is 0 Å². The number of esters is 1. The summed E-state index contributed by atoms with van der Waals surface area (Å²) >= 11 is 1.72. The van der Waals surface area contributed by atoms with Gasteiger partial charge in [0, 0.05) is 0 Å². The predicted molar refractivity (Wildman–Crippen MR) is 59.8 cm³/mol. The Labute approximate surface area is 100.0 Å². The fraction of sp³-hybridized carbons (Fsp3) is 0.200. The van der Waals surface area contributed by atoms with Crippen LogP contribution >= 0.6 is 22.6 Å². The van der Waals surface area contributed by atoms with E-state index in [0.29, 0.717) is 5.56 Å². The number of nitriles is 1. The summed E-state index contributed by atoms with van der Waals surface area (Å²) in [6, 6.07) is 4.58. The van der Waals surface area contributed by atoms with Crippen molar-refractivity contribution < 1.29 is 13.9 Å². The smallest absolute Gasteiger partial charge is 0.339 e. The third-order valence-electron chi connectivity index (χ3n) is 1.84. The number of benzene rings is 1. The van der Waals surface area contributed by atoms with Crippen molar-refractivity contribution >= 4 is 28.6 Å². The molecular formula is C10H7FINO2. The second kappa shape index (κ2) is 5.07. The van der Waals surface area contributed by atoms with E-state index in [0.717, 1.165) is 0 Å². The van der Waals surface area contributed by atoms with Gasteiger partial charge in [-0.15, -0.1) is 0 Å². The van der Waals surface area contributed by atoms with E-state index in [4.69, 9.17) is 5.26 Å². The van der Waals surface area contributed by atoms with Gasteiger partial charge in [0.2, 0.25) is 0 Å². The number of nitrogens with zero attached hydrogens (tertiary/aromatic N) is 1. The van der Waals surface area contributed by atoms with Gasteiger partial charge >= 0.3 is 5.97 Å². The van der Waals surface area contributed by atoms with Gasteiger partial charge < -0.3 is 4.74 Å². The summed E-state index contributed by atoms with van der Waals surface area (Å²) in [5.74, 6) is -1.11. The Bertz CT molecular complexity index is 440.